The molecule has 0 aromatic heterocycles. The number of halogens is 3. The summed E-state index contributed by atoms with van der Waals surface area (Å²) in [5, 5.41) is 17.1. The van der Waals surface area contributed by atoms with Gasteiger partial charge in [0, 0.05) is 13.1 Å². The molecule has 7 heteroatoms. The summed E-state index contributed by atoms with van der Waals surface area (Å²) >= 11 is 0. The predicted octanol–water partition coefficient (Wildman–Crippen LogP) is 1.09. The third-order valence-corrected chi connectivity index (χ3v) is 2.61. The molecular weight excluding hydrogens is 225 g/mol. The van der Waals surface area contributed by atoms with E-state index < -0.39 is 30.5 Å². The van der Waals surface area contributed by atoms with E-state index >= 15 is 0 Å². The molecule has 1 aliphatic rings. The summed E-state index contributed by atoms with van der Waals surface area (Å²) in [5.41, 5.74) is 0. The molecule has 1 heterocycles. The molecule has 2 unspecified atom stereocenters. The van der Waals surface area contributed by atoms with E-state index in [1.165, 1.54) is 11.0 Å². The number of carboxylic acids is 1. The van der Waals surface area contributed by atoms with Gasteiger partial charge in [-0.15, -0.1) is 0 Å². The van der Waals surface area contributed by atoms with E-state index in [0.29, 0.717) is 13.0 Å². The molecule has 90 valence electrons. The molecule has 1 saturated heterocycles. The fraction of sp³-hybridized carbons (Fsp3) is 0.778. The van der Waals surface area contributed by atoms with Gasteiger partial charge < -0.3 is 10.0 Å². The summed E-state index contributed by atoms with van der Waals surface area (Å²) in [6.45, 7) is -0.0569. The molecule has 1 fully saturated rings. The van der Waals surface area contributed by atoms with Crippen molar-refractivity contribution >= 4 is 5.97 Å². The standard InChI is InChI=1S/C9H11F3N2O2/c10-9(11,12)7(3-13)5-14-2-1-6(4-14)8(15)16/h6-7H,1-2,4-5H2,(H,15,16). The van der Waals surface area contributed by atoms with E-state index in [9.17, 15) is 18.0 Å². The van der Waals surface area contributed by atoms with Crippen LogP contribution >= 0.6 is 0 Å². The number of aliphatic carboxylic acids is 1. The van der Waals surface area contributed by atoms with Gasteiger partial charge in [0.1, 0.15) is 0 Å². The van der Waals surface area contributed by atoms with Crippen LogP contribution in [0.15, 0.2) is 0 Å². The lowest BCUT2D eigenvalue weighted by atomic mass is 10.1. The van der Waals surface area contributed by atoms with E-state index in [4.69, 9.17) is 10.4 Å². The number of carboxylic acid groups (broad SMARTS) is 1. The van der Waals surface area contributed by atoms with Gasteiger partial charge in [0.15, 0.2) is 5.92 Å². The molecule has 0 bridgehead atoms. The lowest BCUT2D eigenvalue weighted by Crippen LogP contribution is -2.35. The molecule has 0 aliphatic carbocycles. The van der Waals surface area contributed by atoms with Crippen LogP contribution in [0.3, 0.4) is 0 Å². The van der Waals surface area contributed by atoms with Gasteiger partial charge in [0.2, 0.25) is 0 Å². The van der Waals surface area contributed by atoms with Gasteiger partial charge in [-0.25, -0.2) is 0 Å². The van der Waals surface area contributed by atoms with Gasteiger partial charge >= 0.3 is 12.1 Å². The van der Waals surface area contributed by atoms with Crippen LogP contribution in [-0.4, -0.2) is 41.8 Å². The highest BCUT2D eigenvalue weighted by molar-refractivity contribution is 5.70. The number of nitriles is 1. The first-order valence-electron chi connectivity index (χ1n) is 4.76. The number of alkyl halides is 3. The Kier molecular flexibility index (Phi) is 3.75. The maximum absolute atomic E-state index is 12.3. The van der Waals surface area contributed by atoms with Gasteiger partial charge in [-0.05, 0) is 13.0 Å². The number of rotatable bonds is 3. The molecule has 0 aromatic carbocycles. The van der Waals surface area contributed by atoms with Crippen LogP contribution in [0.1, 0.15) is 6.42 Å². The first-order valence-corrected chi connectivity index (χ1v) is 4.76. The Hall–Kier alpha value is -1.29. The first-order chi connectivity index (χ1) is 7.34. The summed E-state index contributed by atoms with van der Waals surface area (Å²) in [6.07, 6.45) is -4.21. The molecule has 0 saturated carbocycles. The lowest BCUT2D eigenvalue weighted by Gasteiger charge is -2.20. The second-order valence-electron chi connectivity index (χ2n) is 3.81. The first kappa shape index (κ1) is 12.8. The van der Waals surface area contributed by atoms with Crippen LogP contribution in [0.5, 0.6) is 0 Å². The van der Waals surface area contributed by atoms with Gasteiger partial charge in [-0.1, -0.05) is 0 Å². The fourth-order valence-corrected chi connectivity index (χ4v) is 1.68. The van der Waals surface area contributed by atoms with Crippen LogP contribution < -0.4 is 0 Å². The van der Waals surface area contributed by atoms with Crippen molar-refractivity contribution in [3.05, 3.63) is 0 Å². The normalized spacial score (nSPS) is 24.0. The van der Waals surface area contributed by atoms with Crippen molar-refractivity contribution in [1.82, 2.24) is 4.90 Å². The molecular formula is C9H11F3N2O2. The third kappa shape index (κ3) is 3.10. The minimum Gasteiger partial charge on any atom is -0.481 e. The van der Waals surface area contributed by atoms with Crippen molar-refractivity contribution in [3.63, 3.8) is 0 Å². The van der Waals surface area contributed by atoms with Crippen molar-refractivity contribution in [2.24, 2.45) is 11.8 Å². The van der Waals surface area contributed by atoms with E-state index in [0.717, 1.165) is 0 Å². The molecule has 1 aliphatic heterocycles. The number of likely N-dealkylation sites (tertiary alicyclic amines) is 1. The average molecular weight is 236 g/mol. The summed E-state index contributed by atoms with van der Waals surface area (Å²) in [7, 11) is 0. The van der Waals surface area contributed by atoms with E-state index in [-0.39, 0.29) is 6.54 Å². The molecule has 0 radical (unpaired) electrons. The van der Waals surface area contributed by atoms with Crippen LogP contribution in [-0.2, 0) is 4.79 Å². The quantitative estimate of drug-likeness (QED) is 0.796. The van der Waals surface area contributed by atoms with Crippen molar-refractivity contribution in [3.8, 4) is 6.07 Å². The zero-order valence-corrected chi connectivity index (χ0v) is 8.37. The number of hydrogen-bond acceptors (Lipinski definition) is 3. The van der Waals surface area contributed by atoms with E-state index in [2.05, 4.69) is 0 Å². The van der Waals surface area contributed by atoms with E-state index in [1.54, 1.807) is 0 Å². The smallest absolute Gasteiger partial charge is 0.405 e. The van der Waals surface area contributed by atoms with E-state index in [1.807, 2.05) is 0 Å². The molecule has 0 amide bonds. The zero-order chi connectivity index (χ0) is 12.3. The van der Waals surface area contributed by atoms with Gasteiger partial charge in [-0.3, -0.25) is 4.79 Å². The highest BCUT2D eigenvalue weighted by atomic mass is 19.4. The van der Waals surface area contributed by atoms with Crippen molar-refractivity contribution in [1.29, 1.82) is 5.26 Å². The Morgan fingerprint density at radius 2 is 2.25 bits per heavy atom. The molecule has 16 heavy (non-hydrogen) atoms. The SMILES string of the molecule is N#CC(CN1CCC(C(=O)O)C1)C(F)(F)F. The number of hydrogen-bond donors (Lipinski definition) is 1. The molecule has 0 spiro atoms. The Labute approximate surface area is 90.3 Å². The van der Waals surface area contributed by atoms with Crippen LogP contribution in [0.2, 0.25) is 0 Å². The average Bonchev–Trinajstić information content (AvgIpc) is 2.60. The van der Waals surface area contributed by atoms with Gasteiger partial charge in [0.25, 0.3) is 0 Å². The Balaban J connectivity index is 2.51. The maximum Gasteiger partial charge on any atom is 0.405 e. The topological polar surface area (TPSA) is 64.3 Å². The number of carbonyl (C=O) groups is 1. The van der Waals surface area contributed by atoms with Crippen molar-refractivity contribution in [2.45, 2.75) is 12.6 Å². The molecule has 2 atom stereocenters. The molecule has 0 aromatic rings. The number of nitrogens with zero attached hydrogens (tertiary/aromatic N) is 2. The van der Waals surface area contributed by atoms with Crippen LogP contribution in [0.4, 0.5) is 13.2 Å². The highest BCUT2D eigenvalue weighted by Crippen LogP contribution is 2.28. The van der Waals surface area contributed by atoms with Gasteiger partial charge in [0.05, 0.1) is 12.0 Å². The maximum atomic E-state index is 12.3. The fourth-order valence-electron chi connectivity index (χ4n) is 1.68. The Morgan fingerprint density at radius 1 is 1.62 bits per heavy atom. The zero-order valence-electron chi connectivity index (χ0n) is 8.37. The predicted molar refractivity (Wildman–Crippen MR) is 47.3 cm³/mol. The van der Waals surface area contributed by atoms with Crippen LogP contribution in [0, 0.1) is 23.2 Å². The second-order valence-corrected chi connectivity index (χ2v) is 3.81. The largest absolute Gasteiger partial charge is 0.481 e. The molecule has 1 N–H and O–H groups in total. The van der Waals surface area contributed by atoms with Gasteiger partial charge in [-0.2, -0.15) is 18.4 Å². The lowest BCUT2D eigenvalue weighted by molar-refractivity contribution is -0.162. The second kappa shape index (κ2) is 4.70. The Morgan fingerprint density at radius 3 is 2.62 bits per heavy atom. The summed E-state index contributed by atoms with van der Waals surface area (Å²) in [5.74, 6) is -3.66. The third-order valence-electron chi connectivity index (χ3n) is 2.61. The summed E-state index contributed by atoms with van der Waals surface area (Å²) in [6, 6.07) is 1.20. The molecule has 1 rings (SSSR count). The summed E-state index contributed by atoms with van der Waals surface area (Å²) < 4.78 is 36.8. The minimum atomic E-state index is -4.55. The van der Waals surface area contributed by atoms with Crippen molar-refractivity contribution in [2.75, 3.05) is 19.6 Å². The summed E-state index contributed by atoms with van der Waals surface area (Å²) in [4.78, 5) is 12.0. The Bertz CT molecular complexity index is 311. The molecule has 4 nitrogen and oxygen atoms in total. The monoisotopic (exact) mass is 236 g/mol. The van der Waals surface area contributed by atoms with Crippen LogP contribution in [0.25, 0.3) is 0 Å². The highest BCUT2D eigenvalue weighted by Gasteiger charge is 2.42. The minimum absolute atomic E-state index is 0.0869. The van der Waals surface area contributed by atoms with Crippen molar-refractivity contribution < 1.29 is 23.1 Å².